The molecule has 0 saturated carbocycles. The van der Waals surface area contributed by atoms with Gasteiger partial charge in [-0.3, -0.25) is 0 Å². The number of benzene rings is 15. The van der Waals surface area contributed by atoms with Crippen molar-refractivity contribution >= 4 is 97.3 Å². The Morgan fingerprint density at radius 3 is 1.34 bits per heavy atom. The van der Waals surface area contributed by atoms with Crippen LogP contribution in [0.1, 0.15) is 11.0 Å². The molecule has 0 spiro atoms. The molecule has 0 saturated heterocycles. The second-order valence-electron chi connectivity index (χ2n) is 19.6. The van der Waals surface area contributed by atoms with Crippen LogP contribution < -0.4 is 0 Å². The Labute approximate surface area is 457 Å². The first-order valence-electron chi connectivity index (χ1n) is 29.9. The molecule has 1 heterocycles. The molecule has 0 radical (unpaired) electrons. The van der Waals surface area contributed by atoms with Gasteiger partial charge in [0.15, 0.2) is 0 Å². The van der Waals surface area contributed by atoms with Gasteiger partial charge >= 0.3 is 0 Å². The van der Waals surface area contributed by atoms with E-state index in [0.717, 1.165) is 43.5 Å². The van der Waals surface area contributed by atoms with Crippen LogP contribution in [0, 0.1) is 0 Å². The lowest BCUT2D eigenvalue weighted by Gasteiger charge is -2.19. The van der Waals surface area contributed by atoms with Crippen molar-refractivity contribution in [3.8, 4) is 55.6 Å². The van der Waals surface area contributed by atoms with E-state index in [-0.39, 0.29) is 45.7 Å². The van der Waals surface area contributed by atoms with Gasteiger partial charge in [-0.05, 0) is 144 Å². The standard InChI is InChI=1S/C42H26O.C34H22/c1-2-11-27(12-3-1)28-21-23-30(24-22-28)39-32-15-6-8-17-34(32)40(35-18-9-7-16-33(35)39)36-19-10-20-38-41(36)37-26-25-29-13-4-5-14-31(29)42(37)43-38;1-2-12-25-22-26(21-20-23(25)10-1)33-29-15-5-7-17-31(29)34(32-18-8-6-16-30(32)33)28-19-9-13-24-11-3-4-14-27(24)28/h1-26H;1-22H/i;5D,6D,7D,8D,15D,16D,17D,18D. The summed E-state index contributed by atoms with van der Waals surface area (Å²) >= 11 is 0. The van der Waals surface area contributed by atoms with Gasteiger partial charge in [0.25, 0.3) is 0 Å². The fourth-order valence-corrected chi connectivity index (χ4v) is 11.9. The first-order chi connectivity index (χ1) is 41.5. The molecular weight excluding hydrogens is 929 g/mol. The summed E-state index contributed by atoms with van der Waals surface area (Å²) < 4.78 is 77.5. The van der Waals surface area contributed by atoms with Crippen molar-refractivity contribution in [2.45, 2.75) is 0 Å². The van der Waals surface area contributed by atoms with Crippen LogP contribution in [0.2, 0.25) is 0 Å². The van der Waals surface area contributed by atoms with E-state index in [0.29, 0.717) is 22.3 Å². The third-order valence-corrected chi connectivity index (χ3v) is 15.3. The zero-order chi connectivity index (χ0) is 57.8. The van der Waals surface area contributed by atoms with E-state index in [1.165, 1.54) is 65.7 Å². The van der Waals surface area contributed by atoms with Crippen LogP contribution in [0.5, 0.6) is 0 Å². The summed E-state index contributed by atoms with van der Waals surface area (Å²) in [6.07, 6.45) is 0. The van der Waals surface area contributed by atoms with E-state index < -0.39 is 24.2 Å². The highest BCUT2D eigenvalue weighted by molar-refractivity contribution is 6.28. The summed E-state index contributed by atoms with van der Waals surface area (Å²) in [6.45, 7) is 0. The molecule has 0 fully saturated rings. The van der Waals surface area contributed by atoms with E-state index >= 15 is 0 Å². The molecular formula is C76H48O. The van der Waals surface area contributed by atoms with E-state index in [9.17, 15) is 0 Å². The molecule has 0 aliphatic carbocycles. The number of rotatable bonds is 5. The first-order valence-corrected chi connectivity index (χ1v) is 25.9. The minimum absolute atomic E-state index is 0.219. The monoisotopic (exact) mass is 984 g/mol. The molecule has 77 heavy (non-hydrogen) atoms. The minimum Gasteiger partial charge on any atom is -0.455 e. The topological polar surface area (TPSA) is 13.1 Å². The van der Waals surface area contributed by atoms with E-state index in [2.05, 4.69) is 158 Å². The lowest BCUT2D eigenvalue weighted by atomic mass is 9.84. The third kappa shape index (κ3) is 7.39. The van der Waals surface area contributed by atoms with Crippen molar-refractivity contribution in [3.05, 3.63) is 291 Å². The van der Waals surface area contributed by atoms with E-state index in [1.807, 2.05) is 84.9 Å². The molecule has 1 heteroatoms. The highest BCUT2D eigenvalue weighted by Crippen LogP contribution is 2.49. The van der Waals surface area contributed by atoms with Crippen LogP contribution in [0.3, 0.4) is 0 Å². The van der Waals surface area contributed by atoms with Gasteiger partial charge in [-0.15, -0.1) is 0 Å². The SMILES string of the molecule is [2H]c1c([2H])c([2H])c2c(-c3cccc4ccccc34)c3c([2H])c([2H])c([2H])c([2H])c3c(-c3ccc4ccccc4c3)c2c1[2H].c1ccc(-c2ccc(-c3c4ccccc4c(-c4cccc5oc6c7ccccc7ccc6c45)c4ccccc34)cc2)cc1. The van der Waals surface area contributed by atoms with Gasteiger partial charge in [0.2, 0.25) is 0 Å². The Kier molecular flexibility index (Phi) is 8.78. The number of fused-ring (bicyclic) bond motifs is 11. The first kappa shape index (κ1) is 36.8. The zero-order valence-electron chi connectivity index (χ0n) is 49.5. The predicted molar refractivity (Wildman–Crippen MR) is 330 cm³/mol. The average Bonchev–Trinajstić information content (AvgIpc) is 1.04. The molecule has 16 aromatic rings. The Morgan fingerprint density at radius 1 is 0.247 bits per heavy atom. The summed E-state index contributed by atoms with van der Waals surface area (Å²) in [6, 6.07) is 80.7. The smallest absolute Gasteiger partial charge is 0.143 e. The van der Waals surface area contributed by atoms with E-state index in [1.54, 1.807) is 0 Å². The van der Waals surface area contributed by atoms with Crippen molar-refractivity contribution in [1.82, 2.24) is 0 Å². The molecule has 0 aliphatic heterocycles. The highest BCUT2D eigenvalue weighted by atomic mass is 16.3. The Morgan fingerprint density at radius 2 is 0.675 bits per heavy atom. The minimum atomic E-state index is -0.404. The zero-order valence-corrected chi connectivity index (χ0v) is 41.5. The maximum absolute atomic E-state index is 9.13. The van der Waals surface area contributed by atoms with Crippen molar-refractivity contribution in [1.29, 1.82) is 0 Å². The van der Waals surface area contributed by atoms with E-state index in [4.69, 9.17) is 15.4 Å². The van der Waals surface area contributed by atoms with Gasteiger partial charge < -0.3 is 4.42 Å². The quantitative estimate of drug-likeness (QED) is 0.157. The second kappa shape index (κ2) is 18.4. The number of hydrogen-bond donors (Lipinski definition) is 0. The molecule has 358 valence electrons. The fraction of sp³-hybridized carbons (Fsp3) is 0. The summed E-state index contributed by atoms with van der Waals surface area (Å²) in [5.41, 5.74) is 11.2. The van der Waals surface area contributed by atoms with Gasteiger partial charge in [0.1, 0.15) is 11.2 Å². The Balaban J connectivity index is 0.000000144. The van der Waals surface area contributed by atoms with Crippen LogP contribution in [-0.4, -0.2) is 0 Å². The lowest BCUT2D eigenvalue weighted by molar-refractivity contribution is 0.673. The normalized spacial score (nSPS) is 13.1. The van der Waals surface area contributed by atoms with Gasteiger partial charge in [0.05, 0.1) is 11.0 Å². The summed E-state index contributed by atoms with van der Waals surface area (Å²) in [5.74, 6) is 0. The number of furan rings is 1. The maximum atomic E-state index is 9.13. The summed E-state index contributed by atoms with van der Waals surface area (Å²) in [4.78, 5) is 0. The molecule has 0 aliphatic rings. The fourth-order valence-electron chi connectivity index (χ4n) is 11.9. The molecule has 0 amide bonds. The van der Waals surface area contributed by atoms with Gasteiger partial charge in [-0.2, -0.15) is 0 Å². The van der Waals surface area contributed by atoms with Crippen molar-refractivity contribution in [3.63, 3.8) is 0 Å². The Hall–Kier alpha value is -10.1. The average molecular weight is 985 g/mol. The second-order valence-corrected chi connectivity index (χ2v) is 19.6. The molecule has 15 aromatic carbocycles. The van der Waals surface area contributed by atoms with Crippen molar-refractivity contribution in [2.24, 2.45) is 0 Å². The van der Waals surface area contributed by atoms with Crippen LogP contribution in [-0.2, 0) is 0 Å². The van der Waals surface area contributed by atoms with Crippen molar-refractivity contribution in [2.75, 3.05) is 0 Å². The highest BCUT2D eigenvalue weighted by Gasteiger charge is 2.22. The predicted octanol–water partition coefficient (Wildman–Crippen LogP) is 21.7. The van der Waals surface area contributed by atoms with Crippen LogP contribution >= 0.6 is 0 Å². The molecule has 0 N–H and O–H groups in total. The maximum Gasteiger partial charge on any atom is 0.143 e. The summed E-state index contributed by atoms with van der Waals surface area (Å²) in [5, 5.41) is 14.1. The van der Waals surface area contributed by atoms with Gasteiger partial charge in [0, 0.05) is 16.2 Å². The van der Waals surface area contributed by atoms with Gasteiger partial charge in [-0.25, -0.2) is 0 Å². The molecule has 0 unspecified atom stereocenters. The van der Waals surface area contributed by atoms with Crippen LogP contribution in [0.4, 0.5) is 0 Å². The molecule has 0 bridgehead atoms. The molecule has 1 nitrogen and oxygen atoms in total. The Bertz CT molecular complexity index is 5320. The van der Waals surface area contributed by atoms with Crippen LogP contribution in [0.25, 0.3) is 153 Å². The summed E-state index contributed by atoms with van der Waals surface area (Å²) in [7, 11) is 0. The number of hydrogen-bond acceptors (Lipinski definition) is 1. The molecule has 1 aromatic heterocycles. The largest absolute Gasteiger partial charge is 0.455 e. The van der Waals surface area contributed by atoms with Crippen molar-refractivity contribution < 1.29 is 15.4 Å². The van der Waals surface area contributed by atoms with Gasteiger partial charge in [-0.1, -0.05) is 273 Å². The molecule has 16 rings (SSSR count). The third-order valence-electron chi connectivity index (χ3n) is 15.3. The lowest BCUT2D eigenvalue weighted by Crippen LogP contribution is -1.91. The van der Waals surface area contributed by atoms with Crippen LogP contribution in [0.15, 0.2) is 295 Å². The molecule has 0 atom stereocenters.